The highest BCUT2D eigenvalue weighted by Gasteiger charge is 2.31. The molecule has 0 spiro atoms. The second-order valence-corrected chi connectivity index (χ2v) is 16.3. The van der Waals surface area contributed by atoms with E-state index in [4.69, 9.17) is 9.41 Å². The molecule has 1 aliphatic rings. The number of rotatable bonds is 4. The molecule has 61 heavy (non-hydrogen) atoms. The number of nitrogens with one attached hydrogen (secondary N) is 1. The number of furan rings is 1. The zero-order valence-corrected chi connectivity index (χ0v) is 32.8. The van der Waals surface area contributed by atoms with Crippen molar-refractivity contribution in [2.45, 2.75) is 6.17 Å². The molecule has 5 nitrogen and oxygen atoms in total. The van der Waals surface area contributed by atoms with Gasteiger partial charge in [0.05, 0.1) is 39.2 Å². The topological polar surface area (TPSA) is 47.4 Å². The van der Waals surface area contributed by atoms with Crippen LogP contribution in [0.25, 0.3) is 104 Å². The molecule has 4 heterocycles. The summed E-state index contributed by atoms with van der Waals surface area (Å²) in [6.07, 6.45) is -0.329. The number of aromatic nitrogens is 2. The Balaban J connectivity index is 1.12. The van der Waals surface area contributed by atoms with E-state index in [1.165, 1.54) is 65.3 Å². The Labute approximate surface area is 349 Å². The van der Waals surface area contributed by atoms with E-state index in [1.807, 2.05) is 12.1 Å². The van der Waals surface area contributed by atoms with Crippen LogP contribution in [-0.4, -0.2) is 14.8 Å². The fourth-order valence-corrected chi connectivity index (χ4v) is 10.5. The maximum atomic E-state index is 6.30. The average molecular weight is 779 g/mol. The zero-order chi connectivity index (χ0) is 39.8. The van der Waals surface area contributed by atoms with Crippen molar-refractivity contribution in [3.8, 4) is 16.8 Å². The first-order chi connectivity index (χ1) is 30.3. The highest BCUT2D eigenvalue weighted by atomic mass is 16.3. The van der Waals surface area contributed by atoms with Gasteiger partial charge in [0.2, 0.25) is 0 Å². The molecule has 0 saturated heterocycles. The highest BCUT2D eigenvalue weighted by molar-refractivity contribution is 6.39. The minimum Gasteiger partial charge on any atom is -0.456 e. The van der Waals surface area contributed by atoms with Crippen molar-refractivity contribution < 1.29 is 4.42 Å². The van der Waals surface area contributed by atoms with Gasteiger partial charge in [0.15, 0.2) is 0 Å². The molecule has 1 N–H and O–H groups in total. The van der Waals surface area contributed by atoms with Crippen LogP contribution in [0.15, 0.2) is 204 Å². The van der Waals surface area contributed by atoms with Crippen LogP contribution in [0.5, 0.6) is 0 Å². The van der Waals surface area contributed by atoms with Gasteiger partial charge in [-0.2, -0.15) is 0 Å². The molecule has 1 aliphatic heterocycles. The molecule has 5 heteroatoms. The zero-order valence-electron chi connectivity index (χ0n) is 32.8. The monoisotopic (exact) mass is 778 g/mol. The molecular weight excluding hydrogens is 745 g/mol. The third-order valence-corrected chi connectivity index (χ3v) is 13.1. The number of fused-ring (bicyclic) bond motifs is 7. The maximum Gasteiger partial charge on any atom is 0.148 e. The van der Waals surface area contributed by atoms with Crippen LogP contribution < -0.4 is 5.32 Å². The number of nitrogens with zero attached hydrogens (tertiary/aromatic N) is 3. The van der Waals surface area contributed by atoms with E-state index < -0.39 is 0 Å². The molecule has 0 bridgehead atoms. The second-order valence-electron chi connectivity index (χ2n) is 16.3. The Morgan fingerprint density at radius 1 is 0.410 bits per heavy atom. The number of aliphatic imine (C=N–C) groups is 1. The number of hydrogen-bond acceptors (Lipinski definition) is 3. The van der Waals surface area contributed by atoms with Crippen molar-refractivity contribution in [3.05, 3.63) is 200 Å². The first-order valence-corrected chi connectivity index (χ1v) is 20.9. The molecule has 0 radical (unpaired) electrons. The standard InChI is InChI=1S/C56H34N4O/c1-2-13-33(14-3-1)34-15-10-16-36(31-34)59-45-24-11-20-40-37-17-4-5-18-38(37)41-21-12-25-46-52(41)54-48(29-28-47(59)53(54)51(40)45)60(46)56-55(57-43-22-7-8-23-44(43)58-56)35-27-30-50-42(32-35)39-19-6-9-26-49(39)61-50/h1-32,56,58H. The van der Waals surface area contributed by atoms with Crippen LogP contribution in [0.1, 0.15) is 11.7 Å². The van der Waals surface area contributed by atoms with E-state index >= 15 is 0 Å². The first-order valence-electron chi connectivity index (χ1n) is 20.9. The van der Waals surface area contributed by atoms with Crippen molar-refractivity contribution in [3.63, 3.8) is 0 Å². The summed E-state index contributed by atoms with van der Waals surface area (Å²) in [5.74, 6) is 0. The lowest BCUT2D eigenvalue weighted by molar-refractivity contribution is 0.669. The molecule has 284 valence electrons. The molecule has 10 aromatic carbocycles. The van der Waals surface area contributed by atoms with E-state index in [1.54, 1.807) is 0 Å². The lowest BCUT2D eigenvalue weighted by atomic mass is 9.95. The maximum absolute atomic E-state index is 6.30. The minimum atomic E-state index is -0.329. The van der Waals surface area contributed by atoms with Gasteiger partial charge >= 0.3 is 0 Å². The first kappa shape index (κ1) is 32.8. The fraction of sp³-hybridized carbons (Fsp3) is 0.0179. The van der Waals surface area contributed by atoms with Gasteiger partial charge in [-0.15, -0.1) is 0 Å². The van der Waals surface area contributed by atoms with E-state index in [0.29, 0.717) is 0 Å². The van der Waals surface area contributed by atoms with Gasteiger partial charge in [0.25, 0.3) is 0 Å². The normalized spacial score (nSPS) is 14.3. The Bertz CT molecular complexity index is 3980. The van der Waals surface area contributed by atoms with Crippen molar-refractivity contribution in [2.24, 2.45) is 4.99 Å². The molecule has 0 saturated carbocycles. The van der Waals surface area contributed by atoms with Crippen LogP contribution in [0.4, 0.5) is 11.4 Å². The van der Waals surface area contributed by atoms with Gasteiger partial charge in [-0.05, 0) is 105 Å². The molecule has 3 aromatic heterocycles. The Morgan fingerprint density at radius 2 is 1.02 bits per heavy atom. The SMILES string of the molecule is c1ccc(-c2cccc(-n3c4cccc5c6ccccc6c6cccc7c6c6c(c54)c3ccc6n7C3Nc4ccccc4N=C3c3ccc4oc5ccccc5c4c3)c2)cc1. The van der Waals surface area contributed by atoms with Crippen LogP contribution in [0.3, 0.4) is 0 Å². The van der Waals surface area contributed by atoms with E-state index in [2.05, 4.69) is 196 Å². The quantitative estimate of drug-likeness (QED) is 0.193. The average Bonchev–Trinajstić information content (AvgIpc) is 3.98. The Morgan fingerprint density at radius 3 is 1.87 bits per heavy atom. The summed E-state index contributed by atoms with van der Waals surface area (Å²) in [6.45, 7) is 0. The van der Waals surface area contributed by atoms with Crippen LogP contribution in [0, 0.1) is 0 Å². The van der Waals surface area contributed by atoms with Crippen LogP contribution in [-0.2, 0) is 0 Å². The van der Waals surface area contributed by atoms with Gasteiger partial charge < -0.3 is 18.9 Å². The molecule has 0 amide bonds. The molecule has 0 fully saturated rings. The molecule has 0 aliphatic carbocycles. The van der Waals surface area contributed by atoms with Gasteiger partial charge in [0.1, 0.15) is 17.3 Å². The van der Waals surface area contributed by atoms with E-state index in [-0.39, 0.29) is 6.17 Å². The third kappa shape index (κ3) is 4.52. The largest absolute Gasteiger partial charge is 0.456 e. The molecule has 1 unspecified atom stereocenters. The summed E-state index contributed by atoms with van der Waals surface area (Å²) in [4.78, 5) is 5.51. The van der Waals surface area contributed by atoms with Crippen LogP contribution in [0.2, 0.25) is 0 Å². The van der Waals surface area contributed by atoms with Gasteiger partial charge in [-0.1, -0.05) is 121 Å². The summed E-state index contributed by atoms with van der Waals surface area (Å²) < 4.78 is 11.3. The minimum absolute atomic E-state index is 0.329. The smallest absolute Gasteiger partial charge is 0.148 e. The van der Waals surface area contributed by atoms with E-state index in [0.717, 1.165) is 61.3 Å². The Kier molecular flexibility index (Phi) is 6.55. The van der Waals surface area contributed by atoms with Gasteiger partial charge in [-0.25, -0.2) is 4.99 Å². The summed E-state index contributed by atoms with van der Waals surface area (Å²) in [7, 11) is 0. The molecular formula is C56H34N4O. The predicted octanol–water partition coefficient (Wildman–Crippen LogP) is 14.9. The number of para-hydroxylation sites is 3. The third-order valence-electron chi connectivity index (χ3n) is 13.1. The van der Waals surface area contributed by atoms with Crippen molar-refractivity contribution >= 4 is 104 Å². The van der Waals surface area contributed by atoms with Gasteiger partial charge in [0, 0.05) is 43.6 Å². The second kappa shape index (κ2) is 12.2. The van der Waals surface area contributed by atoms with Crippen molar-refractivity contribution in [1.29, 1.82) is 0 Å². The highest BCUT2D eigenvalue weighted by Crippen LogP contribution is 2.49. The van der Waals surface area contributed by atoms with Crippen molar-refractivity contribution in [1.82, 2.24) is 9.13 Å². The predicted molar refractivity (Wildman–Crippen MR) is 254 cm³/mol. The fourth-order valence-electron chi connectivity index (χ4n) is 10.5. The summed E-state index contributed by atoms with van der Waals surface area (Å²) in [6, 6.07) is 70.1. The number of anilines is 1. The molecule has 13 aromatic rings. The summed E-state index contributed by atoms with van der Waals surface area (Å²) in [5.41, 5.74) is 13.9. The molecule has 1 atom stereocenters. The summed E-state index contributed by atoms with van der Waals surface area (Å²) >= 11 is 0. The van der Waals surface area contributed by atoms with Crippen LogP contribution >= 0.6 is 0 Å². The Hall–Kier alpha value is -8.15. The van der Waals surface area contributed by atoms with Gasteiger partial charge in [-0.3, -0.25) is 0 Å². The summed E-state index contributed by atoms with van der Waals surface area (Å²) in [5, 5.41) is 16.2. The van der Waals surface area contributed by atoms with Crippen molar-refractivity contribution in [2.75, 3.05) is 5.32 Å². The number of benzene rings is 9. The molecule has 14 rings (SSSR count). The van der Waals surface area contributed by atoms with E-state index in [9.17, 15) is 0 Å². The lowest BCUT2D eigenvalue weighted by Crippen LogP contribution is -2.30. The lowest BCUT2D eigenvalue weighted by Gasteiger charge is -2.30. The number of hydrogen-bond donors (Lipinski definition) is 1.